The van der Waals surface area contributed by atoms with Gasteiger partial charge in [-0.05, 0) is 44.0 Å². The maximum atomic E-state index is 13.0. The third-order valence-corrected chi connectivity index (χ3v) is 4.35. The molecule has 0 saturated carbocycles. The minimum absolute atomic E-state index is 0.105. The Morgan fingerprint density at radius 3 is 2.50 bits per heavy atom. The quantitative estimate of drug-likeness (QED) is 0.896. The minimum Gasteiger partial charge on any atom is -0.491 e. The average molecular weight is 352 g/mol. The van der Waals surface area contributed by atoms with Crippen LogP contribution in [0.15, 0.2) is 42.5 Å². The molecular weight excluding hydrogens is 328 g/mol. The topological polar surface area (TPSA) is 58.6 Å². The van der Waals surface area contributed by atoms with E-state index in [0.717, 1.165) is 28.1 Å². The average Bonchev–Trinajstić information content (AvgIpc) is 2.82. The van der Waals surface area contributed by atoms with E-state index in [-0.39, 0.29) is 17.9 Å². The van der Waals surface area contributed by atoms with Crippen LogP contribution in [0.25, 0.3) is 0 Å². The number of para-hydroxylation sites is 1. The minimum atomic E-state index is -0.619. The number of nitrogens with one attached hydrogen (secondary N) is 1. The Morgan fingerprint density at radius 2 is 1.88 bits per heavy atom. The van der Waals surface area contributed by atoms with Crippen molar-refractivity contribution in [2.24, 2.45) is 0 Å². The van der Waals surface area contributed by atoms with Crippen molar-refractivity contribution >= 4 is 17.5 Å². The van der Waals surface area contributed by atoms with Crippen LogP contribution in [0.2, 0.25) is 0 Å². The van der Waals surface area contributed by atoms with Gasteiger partial charge in [-0.3, -0.25) is 9.59 Å². The normalized spacial score (nSPS) is 16.0. The number of hydrogen-bond acceptors (Lipinski definition) is 3. The Bertz CT molecular complexity index is 828. The molecule has 2 aromatic carbocycles. The smallest absolute Gasteiger partial charge is 0.254 e. The first kappa shape index (κ1) is 18.0. The molecule has 1 aliphatic rings. The summed E-state index contributed by atoms with van der Waals surface area (Å²) in [4.78, 5) is 26.2. The van der Waals surface area contributed by atoms with Crippen molar-refractivity contribution < 1.29 is 14.3 Å². The molecule has 26 heavy (non-hydrogen) atoms. The zero-order chi connectivity index (χ0) is 18.8. The second-order valence-electron chi connectivity index (χ2n) is 6.88. The van der Waals surface area contributed by atoms with Crippen LogP contribution < -0.4 is 15.0 Å². The summed E-state index contributed by atoms with van der Waals surface area (Å²) in [5.41, 5.74) is 3.76. The van der Waals surface area contributed by atoms with E-state index in [1.54, 1.807) is 4.90 Å². The first-order valence-corrected chi connectivity index (χ1v) is 8.80. The fraction of sp³-hybridized carbons (Fsp3) is 0.333. The van der Waals surface area contributed by atoms with E-state index in [2.05, 4.69) is 5.32 Å². The van der Waals surface area contributed by atoms with Gasteiger partial charge in [-0.25, -0.2) is 0 Å². The van der Waals surface area contributed by atoms with Gasteiger partial charge in [-0.2, -0.15) is 0 Å². The van der Waals surface area contributed by atoms with Gasteiger partial charge in [0.25, 0.3) is 5.91 Å². The van der Waals surface area contributed by atoms with Crippen LogP contribution in [0.4, 0.5) is 5.69 Å². The van der Waals surface area contributed by atoms with Crippen molar-refractivity contribution in [3.05, 3.63) is 59.2 Å². The van der Waals surface area contributed by atoms with E-state index >= 15 is 0 Å². The number of anilines is 1. The van der Waals surface area contributed by atoms with Gasteiger partial charge in [-0.1, -0.05) is 30.3 Å². The van der Waals surface area contributed by atoms with Gasteiger partial charge in [0, 0.05) is 12.5 Å². The van der Waals surface area contributed by atoms with E-state index < -0.39 is 6.04 Å². The second-order valence-corrected chi connectivity index (χ2v) is 6.88. The highest BCUT2D eigenvalue weighted by Gasteiger charge is 2.38. The number of benzene rings is 2. The van der Waals surface area contributed by atoms with Gasteiger partial charge < -0.3 is 15.0 Å². The molecule has 1 aliphatic heterocycles. The molecule has 5 nitrogen and oxygen atoms in total. The van der Waals surface area contributed by atoms with E-state index in [9.17, 15) is 9.59 Å². The number of carbonyl (C=O) groups excluding carboxylic acids is 2. The lowest BCUT2D eigenvalue weighted by Crippen LogP contribution is -2.36. The summed E-state index contributed by atoms with van der Waals surface area (Å²) in [7, 11) is 0. The molecular formula is C21H24N2O3. The van der Waals surface area contributed by atoms with Crippen LogP contribution in [-0.2, 0) is 16.1 Å². The SMILES string of the molecule is CC(=O)N[C@@H]1C(=O)N(Cc2ccc(OC(C)C)cc2)c2c(C)cccc21. The number of fused-ring (bicyclic) bond motifs is 1. The van der Waals surface area contributed by atoms with E-state index in [4.69, 9.17) is 4.74 Å². The number of ether oxygens (including phenoxy) is 1. The monoisotopic (exact) mass is 352 g/mol. The van der Waals surface area contributed by atoms with Crippen molar-refractivity contribution in [2.75, 3.05) is 4.90 Å². The molecule has 2 aromatic rings. The van der Waals surface area contributed by atoms with Crippen molar-refractivity contribution in [3.63, 3.8) is 0 Å². The van der Waals surface area contributed by atoms with Gasteiger partial charge in [-0.15, -0.1) is 0 Å². The van der Waals surface area contributed by atoms with Crippen LogP contribution in [-0.4, -0.2) is 17.9 Å². The third kappa shape index (κ3) is 3.57. The highest BCUT2D eigenvalue weighted by molar-refractivity contribution is 6.06. The lowest BCUT2D eigenvalue weighted by Gasteiger charge is -2.20. The molecule has 2 amide bonds. The number of amides is 2. The lowest BCUT2D eigenvalue weighted by molar-refractivity contribution is -0.126. The van der Waals surface area contributed by atoms with Gasteiger partial charge in [0.1, 0.15) is 11.8 Å². The molecule has 0 aromatic heterocycles. The Hall–Kier alpha value is -2.82. The fourth-order valence-electron chi connectivity index (χ4n) is 3.31. The molecule has 0 aliphatic carbocycles. The second kappa shape index (κ2) is 7.20. The van der Waals surface area contributed by atoms with Gasteiger partial charge in [0.15, 0.2) is 0 Å². The molecule has 0 saturated heterocycles. The maximum Gasteiger partial charge on any atom is 0.254 e. The van der Waals surface area contributed by atoms with E-state index in [0.29, 0.717) is 6.54 Å². The molecule has 5 heteroatoms. The number of aryl methyl sites for hydroxylation is 1. The molecule has 0 radical (unpaired) electrons. The first-order valence-electron chi connectivity index (χ1n) is 8.80. The van der Waals surface area contributed by atoms with Crippen LogP contribution in [0.5, 0.6) is 5.75 Å². The molecule has 0 spiro atoms. The molecule has 136 valence electrons. The van der Waals surface area contributed by atoms with Gasteiger partial charge in [0.05, 0.1) is 18.3 Å². The molecule has 1 N–H and O–H groups in total. The van der Waals surface area contributed by atoms with Crippen molar-refractivity contribution in [3.8, 4) is 5.75 Å². The number of nitrogens with zero attached hydrogens (tertiary/aromatic N) is 1. The van der Waals surface area contributed by atoms with Crippen LogP contribution >= 0.6 is 0 Å². The van der Waals surface area contributed by atoms with Crippen LogP contribution in [0.1, 0.15) is 43.5 Å². The molecule has 0 unspecified atom stereocenters. The van der Waals surface area contributed by atoms with Crippen LogP contribution in [0, 0.1) is 6.92 Å². The largest absolute Gasteiger partial charge is 0.491 e. The van der Waals surface area contributed by atoms with Crippen molar-refractivity contribution in [2.45, 2.75) is 46.4 Å². The standard InChI is InChI=1S/C21H24N2O3/c1-13(2)26-17-10-8-16(9-11-17)12-23-20-14(3)6-5-7-18(20)19(21(23)25)22-15(4)24/h5-11,13,19H,12H2,1-4H3,(H,22,24)/t19-/m0/s1. The van der Waals surface area contributed by atoms with Crippen molar-refractivity contribution in [1.82, 2.24) is 5.32 Å². The molecule has 0 fully saturated rings. The Labute approximate surface area is 154 Å². The molecule has 0 bridgehead atoms. The summed E-state index contributed by atoms with van der Waals surface area (Å²) in [5, 5.41) is 2.77. The molecule has 1 atom stereocenters. The predicted octanol–water partition coefficient (Wildman–Crippen LogP) is 3.51. The predicted molar refractivity (Wildman–Crippen MR) is 101 cm³/mol. The summed E-state index contributed by atoms with van der Waals surface area (Å²) in [6.07, 6.45) is 0.119. The number of rotatable bonds is 5. The van der Waals surface area contributed by atoms with Crippen LogP contribution in [0.3, 0.4) is 0 Å². The highest BCUT2D eigenvalue weighted by Crippen LogP contribution is 2.39. The molecule has 3 rings (SSSR count). The zero-order valence-corrected chi connectivity index (χ0v) is 15.6. The highest BCUT2D eigenvalue weighted by atomic mass is 16.5. The van der Waals surface area contributed by atoms with Gasteiger partial charge in [0.2, 0.25) is 5.91 Å². The molecule has 1 heterocycles. The maximum absolute atomic E-state index is 13.0. The summed E-state index contributed by atoms with van der Waals surface area (Å²) in [5.74, 6) is 0.490. The number of hydrogen-bond donors (Lipinski definition) is 1. The Balaban J connectivity index is 1.88. The summed E-state index contributed by atoms with van der Waals surface area (Å²) < 4.78 is 5.67. The van der Waals surface area contributed by atoms with Crippen molar-refractivity contribution in [1.29, 1.82) is 0 Å². The third-order valence-electron chi connectivity index (χ3n) is 4.35. The first-order chi connectivity index (χ1) is 12.4. The summed E-state index contributed by atoms with van der Waals surface area (Å²) >= 11 is 0. The van der Waals surface area contributed by atoms with E-state index in [1.165, 1.54) is 6.92 Å². The lowest BCUT2D eigenvalue weighted by atomic mass is 10.1. The summed E-state index contributed by atoms with van der Waals surface area (Å²) in [6, 6.07) is 12.9. The Kier molecular flexibility index (Phi) is 4.98. The Morgan fingerprint density at radius 1 is 1.19 bits per heavy atom. The number of carbonyl (C=O) groups is 2. The fourth-order valence-corrected chi connectivity index (χ4v) is 3.31. The summed E-state index contributed by atoms with van der Waals surface area (Å²) in [6.45, 7) is 7.83. The van der Waals surface area contributed by atoms with Gasteiger partial charge >= 0.3 is 0 Å². The zero-order valence-electron chi connectivity index (χ0n) is 15.6. The van der Waals surface area contributed by atoms with E-state index in [1.807, 2.05) is 63.2 Å².